The van der Waals surface area contributed by atoms with Crippen molar-refractivity contribution in [1.29, 1.82) is 0 Å². The van der Waals surface area contributed by atoms with Crippen LogP contribution in [-0.4, -0.2) is 35.2 Å². The molecule has 1 N–H and O–H groups in total. The maximum atomic E-state index is 9.28. The molecule has 0 aliphatic heterocycles. The Morgan fingerprint density at radius 1 is 0.850 bits per heavy atom. The first kappa shape index (κ1) is 22.2. The molecule has 0 aromatic rings. The van der Waals surface area contributed by atoms with E-state index in [9.17, 15) is 5.11 Å². The van der Waals surface area contributed by atoms with Crippen LogP contribution in [0.4, 0.5) is 0 Å². The second kappa shape index (κ2) is 9.78. The molecule has 124 valence electrons. The molecule has 0 saturated heterocycles. The summed E-state index contributed by atoms with van der Waals surface area (Å²) in [5, 5.41) is 9.28. The van der Waals surface area contributed by atoms with Crippen molar-refractivity contribution in [2.24, 2.45) is 17.3 Å². The highest BCUT2D eigenvalue weighted by Gasteiger charge is 2.31. The zero-order valence-corrected chi connectivity index (χ0v) is 15.9. The maximum absolute atomic E-state index is 9.28. The molecule has 0 aliphatic carbocycles. The molecule has 0 rings (SSSR count). The van der Waals surface area contributed by atoms with E-state index in [4.69, 9.17) is 0 Å². The fourth-order valence-corrected chi connectivity index (χ4v) is 1.89. The van der Waals surface area contributed by atoms with Gasteiger partial charge >= 0.3 is 0 Å². The van der Waals surface area contributed by atoms with Crippen LogP contribution < -0.4 is 0 Å². The van der Waals surface area contributed by atoms with Gasteiger partial charge in [-0.15, -0.1) is 0 Å². The number of aliphatic hydroxyl groups is 1. The van der Waals surface area contributed by atoms with Gasteiger partial charge in [0.05, 0.1) is 6.61 Å². The van der Waals surface area contributed by atoms with Gasteiger partial charge in [0.1, 0.15) is 0 Å². The first-order valence-electron chi connectivity index (χ1n) is 8.41. The molecule has 0 aromatic heterocycles. The van der Waals surface area contributed by atoms with E-state index in [0.717, 1.165) is 13.1 Å². The third kappa shape index (κ3) is 7.08. The lowest BCUT2D eigenvalue weighted by Crippen LogP contribution is -2.50. The normalized spacial score (nSPS) is 12.9. The van der Waals surface area contributed by atoms with Gasteiger partial charge in [-0.1, -0.05) is 55.4 Å². The van der Waals surface area contributed by atoms with Crippen molar-refractivity contribution in [2.45, 2.75) is 81.2 Å². The van der Waals surface area contributed by atoms with Crippen LogP contribution in [0.1, 0.15) is 75.7 Å². The highest BCUT2D eigenvalue weighted by molar-refractivity contribution is 4.86. The SMILES string of the molecule is CC.CC(C)C(C)(C)CCN(CCO)C(C)(C)C(C)C. The molecule has 0 aromatic carbocycles. The largest absolute Gasteiger partial charge is 0.395 e. The Labute approximate surface area is 129 Å². The van der Waals surface area contributed by atoms with E-state index in [-0.39, 0.29) is 12.1 Å². The number of nitrogens with zero attached hydrogens (tertiary/aromatic N) is 1. The minimum atomic E-state index is 0.149. The Hall–Kier alpha value is -0.0800. The Bertz CT molecular complexity index is 232. The van der Waals surface area contributed by atoms with E-state index < -0.39 is 0 Å². The average Bonchev–Trinajstić information content (AvgIpc) is 2.36. The predicted molar refractivity (Wildman–Crippen MR) is 92.2 cm³/mol. The van der Waals surface area contributed by atoms with Crippen LogP contribution in [0, 0.1) is 17.3 Å². The van der Waals surface area contributed by atoms with Gasteiger partial charge in [0.15, 0.2) is 0 Å². The van der Waals surface area contributed by atoms with Crippen molar-refractivity contribution in [2.75, 3.05) is 19.7 Å². The van der Waals surface area contributed by atoms with E-state index in [2.05, 4.69) is 60.3 Å². The van der Waals surface area contributed by atoms with Crippen molar-refractivity contribution < 1.29 is 5.11 Å². The number of β-amino-alcohol motifs (C(OH)–C–C–N with tert-alkyl or cyclic N) is 1. The monoisotopic (exact) mass is 287 g/mol. The van der Waals surface area contributed by atoms with Gasteiger partial charge in [0.2, 0.25) is 0 Å². The molecule has 0 bridgehead atoms. The van der Waals surface area contributed by atoms with Crippen molar-refractivity contribution >= 4 is 0 Å². The van der Waals surface area contributed by atoms with Gasteiger partial charge in [-0.25, -0.2) is 0 Å². The summed E-state index contributed by atoms with van der Waals surface area (Å²) in [6, 6.07) is 0. The van der Waals surface area contributed by atoms with Gasteiger partial charge < -0.3 is 5.11 Å². The minimum Gasteiger partial charge on any atom is -0.395 e. The van der Waals surface area contributed by atoms with Gasteiger partial charge in [-0.05, 0) is 44.1 Å². The second-order valence-corrected chi connectivity index (χ2v) is 7.41. The van der Waals surface area contributed by atoms with E-state index in [1.165, 1.54) is 6.42 Å². The molecule has 2 nitrogen and oxygen atoms in total. The minimum absolute atomic E-state index is 0.149. The molecular weight excluding hydrogens is 246 g/mol. The zero-order valence-electron chi connectivity index (χ0n) is 15.9. The number of aliphatic hydroxyl groups excluding tert-OH is 1. The summed E-state index contributed by atoms with van der Waals surface area (Å²) in [6.45, 7) is 24.5. The summed E-state index contributed by atoms with van der Waals surface area (Å²) < 4.78 is 0. The van der Waals surface area contributed by atoms with Crippen LogP contribution in [0.2, 0.25) is 0 Å². The lowest BCUT2D eigenvalue weighted by atomic mass is 9.77. The van der Waals surface area contributed by atoms with Crippen molar-refractivity contribution in [1.82, 2.24) is 4.90 Å². The molecule has 0 unspecified atom stereocenters. The number of hydrogen-bond acceptors (Lipinski definition) is 2. The molecule has 2 heteroatoms. The first-order valence-corrected chi connectivity index (χ1v) is 8.41. The summed E-state index contributed by atoms with van der Waals surface area (Å²) in [4.78, 5) is 2.45. The summed E-state index contributed by atoms with van der Waals surface area (Å²) in [5.74, 6) is 1.28. The van der Waals surface area contributed by atoms with Crippen molar-refractivity contribution in [3.63, 3.8) is 0 Å². The highest BCUT2D eigenvalue weighted by atomic mass is 16.3. The van der Waals surface area contributed by atoms with Crippen LogP contribution >= 0.6 is 0 Å². The van der Waals surface area contributed by atoms with Crippen molar-refractivity contribution in [3.8, 4) is 0 Å². The van der Waals surface area contributed by atoms with E-state index in [1.54, 1.807) is 0 Å². The Morgan fingerprint density at radius 3 is 1.60 bits per heavy atom. The predicted octanol–water partition coefficient (Wildman–Crippen LogP) is 4.81. The topological polar surface area (TPSA) is 23.5 Å². The number of hydrogen-bond donors (Lipinski definition) is 1. The standard InChI is InChI=1S/C16H35NO.C2H6/c1-13(2)15(5,6)9-10-17(11-12-18)16(7,8)14(3)4;1-2/h13-14,18H,9-12H2,1-8H3;1-2H3. The zero-order chi connectivity index (χ0) is 16.6. The first-order chi connectivity index (χ1) is 9.05. The smallest absolute Gasteiger partial charge is 0.0558 e. The third-order valence-electron chi connectivity index (χ3n) is 5.19. The van der Waals surface area contributed by atoms with E-state index in [0.29, 0.717) is 17.3 Å². The summed E-state index contributed by atoms with van der Waals surface area (Å²) >= 11 is 0. The molecule has 0 heterocycles. The molecule has 0 amide bonds. The second-order valence-electron chi connectivity index (χ2n) is 7.41. The van der Waals surface area contributed by atoms with Gasteiger partial charge in [-0.2, -0.15) is 0 Å². The summed E-state index contributed by atoms with van der Waals surface area (Å²) in [6.07, 6.45) is 1.18. The van der Waals surface area contributed by atoms with Crippen LogP contribution in [0.5, 0.6) is 0 Å². The van der Waals surface area contributed by atoms with Crippen LogP contribution in [-0.2, 0) is 0 Å². The Morgan fingerprint density at radius 2 is 1.30 bits per heavy atom. The van der Waals surface area contributed by atoms with Gasteiger partial charge in [-0.3, -0.25) is 4.90 Å². The summed E-state index contributed by atoms with van der Waals surface area (Å²) in [5.41, 5.74) is 0.510. The lowest BCUT2D eigenvalue weighted by Gasteiger charge is -2.43. The number of rotatable bonds is 8. The molecule has 0 atom stereocenters. The molecule has 0 radical (unpaired) electrons. The third-order valence-corrected chi connectivity index (χ3v) is 5.19. The molecule has 0 spiro atoms. The molecule has 0 saturated carbocycles. The average molecular weight is 288 g/mol. The highest BCUT2D eigenvalue weighted by Crippen LogP contribution is 2.32. The molecule has 0 aliphatic rings. The molecule has 20 heavy (non-hydrogen) atoms. The van der Waals surface area contributed by atoms with Crippen molar-refractivity contribution in [3.05, 3.63) is 0 Å². The Kier molecular flexibility index (Phi) is 10.9. The fraction of sp³-hybridized carbons (Fsp3) is 1.00. The molecule has 0 fully saturated rings. The van der Waals surface area contributed by atoms with Crippen LogP contribution in [0.25, 0.3) is 0 Å². The van der Waals surface area contributed by atoms with Gasteiger partial charge in [0, 0.05) is 12.1 Å². The summed E-state index contributed by atoms with van der Waals surface area (Å²) in [7, 11) is 0. The van der Waals surface area contributed by atoms with E-state index in [1.807, 2.05) is 13.8 Å². The van der Waals surface area contributed by atoms with Crippen LogP contribution in [0.15, 0.2) is 0 Å². The Balaban J connectivity index is 0. The maximum Gasteiger partial charge on any atom is 0.0558 e. The fourth-order valence-electron chi connectivity index (χ4n) is 1.89. The van der Waals surface area contributed by atoms with Gasteiger partial charge in [0.25, 0.3) is 0 Å². The molecular formula is C18H41NO. The quantitative estimate of drug-likeness (QED) is 0.692. The lowest BCUT2D eigenvalue weighted by molar-refractivity contribution is 0.0418. The van der Waals surface area contributed by atoms with E-state index >= 15 is 0 Å². The van der Waals surface area contributed by atoms with Crippen LogP contribution in [0.3, 0.4) is 0 Å².